The minimum Gasteiger partial charge on any atom is -0.355 e. The Balaban J connectivity index is 1.45. The molecule has 0 atom stereocenters. The number of alkyl halides is 3. The molecule has 3 aromatic rings. The molecule has 0 spiro atoms. The molecule has 1 fully saturated rings. The Morgan fingerprint density at radius 3 is 2.41 bits per heavy atom. The lowest BCUT2D eigenvalue weighted by molar-refractivity contribution is -0.138. The zero-order chi connectivity index (χ0) is 24.6. The van der Waals surface area contributed by atoms with Crippen molar-refractivity contribution in [3.05, 3.63) is 58.5 Å². The highest BCUT2D eigenvalue weighted by Crippen LogP contribution is 2.33. The van der Waals surface area contributed by atoms with Crippen LogP contribution in [0.15, 0.2) is 30.5 Å². The van der Waals surface area contributed by atoms with Crippen molar-refractivity contribution in [1.29, 1.82) is 0 Å². The molecule has 1 aromatic carbocycles. The fourth-order valence-electron chi connectivity index (χ4n) is 4.19. The molecule has 4 rings (SSSR count). The lowest BCUT2D eigenvalue weighted by Crippen LogP contribution is -2.45. The Morgan fingerprint density at radius 1 is 1.09 bits per heavy atom. The quantitative estimate of drug-likeness (QED) is 0.575. The average Bonchev–Trinajstić information content (AvgIpc) is 3.21. The first-order chi connectivity index (χ1) is 16.1. The Bertz CT molecular complexity index is 1210. The lowest BCUT2D eigenvalue weighted by atomic mass is 10.0. The van der Waals surface area contributed by atoms with Crippen molar-refractivity contribution in [3.8, 4) is 11.4 Å². The largest absolute Gasteiger partial charge is 0.417 e. The van der Waals surface area contributed by atoms with E-state index in [-0.39, 0.29) is 6.04 Å². The normalized spacial score (nSPS) is 15.0. The van der Waals surface area contributed by atoms with Gasteiger partial charge in [-0.1, -0.05) is 0 Å². The zero-order valence-corrected chi connectivity index (χ0v) is 18.9. The van der Waals surface area contributed by atoms with Crippen molar-refractivity contribution in [2.24, 2.45) is 7.05 Å². The van der Waals surface area contributed by atoms with Gasteiger partial charge in [-0.15, -0.1) is 10.2 Å². The Labute approximate surface area is 193 Å². The molecule has 1 saturated heterocycles. The molecule has 1 aliphatic rings. The van der Waals surface area contributed by atoms with E-state index >= 15 is 0 Å². The highest BCUT2D eigenvalue weighted by atomic mass is 19.4. The van der Waals surface area contributed by atoms with Gasteiger partial charge in [0.15, 0.2) is 5.82 Å². The van der Waals surface area contributed by atoms with E-state index in [9.17, 15) is 22.4 Å². The number of anilines is 1. The smallest absolute Gasteiger partial charge is 0.355 e. The number of aryl methyl sites for hydroxylation is 1. The monoisotopic (exact) mass is 476 g/mol. The highest BCUT2D eigenvalue weighted by Gasteiger charge is 2.36. The average molecular weight is 476 g/mol. The third-order valence-electron chi connectivity index (χ3n) is 6.22. The van der Waals surface area contributed by atoms with Crippen molar-refractivity contribution in [3.63, 3.8) is 0 Å². The summed E-state index contributed by atoms with van der Waals surface area (Å²) < 4.78 is 55.0. The molecule has 1 N–H and O–H groups in total. The SMILES string of the molecule is Cc1c(-c2ccnn2C)nnc(N2CCC(NC(=O)c3cc(F)ccc3C(F)(F)F)CC2)c1C. The maximum atomic E-state index is 13.6. The number of rotatable bonds is 4. The van der Waals surface area contributed by atoms with E-state index < -0.39 is 29.0 Å². The molecule has 2 aromatic heterocycles. The molecule has 0 aliphatic carbocycles. The van der Waals surface area contributed by atoms with Gasteiger partial charge in [-0.2, -0.15) is 18.3 Å². The Hall–Kier alpha value is -3.50. The second-order valence-electron chi connectivity index (χ2n) is 8.38. The molecule has 0 bridgehead atoms. The summed E-state index contributed by atoms with van der Waals surface area (Å²) in [6, 6.07) is 3.44. The summed E-state index contributed by atoms with van der Waals surface area (Å²) in [5.74, 6) is -1.10. The predicted octanol–water partition coefficient (Wildman–Crippen LogP) is 4.05. The second kappa shape index (κ2) is 9.03. The van der Waals surface area contributed by atoms with Crippen molar-refractivity contribution < 1.29 is 22.4 Å². The van der Waals surface area contributed by atoms with Gasteiger partial charge < -0.3 is 10.2 Å². The van der Waals surface area contributed by atoms with E-state index in [2.05, 4.69) is 20.6 Å². The van der Waals surface area contributed by atoms with Gasteiger partial charge in [0, 0.05) is 32.4 Å². The van der Waals surface area contributed by atoms with E-state index in [1.54, 1.807) is 10.9 Å². The van der Waals surface area contributed by atoms with Gasteiger partial charge in [0.25, 0.3) is 5.91 Å². The summed E-state index contributed by atoms with van der Waals surface area (Å²) in [6.45, 7) is 5.02. The summed E-state index contributed by atoms with van der Waals surface area (Å²) in [7, 11) is 1.83. The topological polar surface area (TPSA) is 75.9 Å². The summed E-state index contributed by atoms with van der Waals surface area (Å²) in [6.07, 6.45) is -2.04. The molecule has 11 heteroatoms. The van der Waals surface area contributed by atoms with Crippen LogP contribution in [0.5, 0.6) is 0 Å². The first-order valence-corrected chi connectivity index (χ1v) is 10.8. The molecular weight excluding hydrogens is 452 g/mol. The fraction of sp³-hybridized carbons (Fsp3) is 0.391. The maximum Gasteiger partial charge on any atom is 0.417 e. The maximum absolute atomic E-state index is 13.6. The van der Waals surface area contributed by atoms with Crippen LogP contribution in [-0.2, 0) is 13.2 Å². The van der Waals surface area contributed by atoms with Crippen LogP contribution >= 0.6 is 0 Å². The number of piperidine rings is 1. The van der Waals surface area contributed by atoms with Crippen LogP contribution in [0.2, 0.25) is 0 Å². The number of hydrogen-bond donors (Lipinski definition) is 1. The van der Waals surface area contributed by atoms with Crippen LogP contribution in [0.4, 0.5) is 23.4 Å². The molecule has 1 amide bonds. The number of halogens is 4. The van der Waals surface area contributed by atoms with Gasteiger partial charge >= 0.3 is 6.18 Å². The van der Waals surface area contributed by atoms with E-state index in [4.69, 9.17) is 0 Å². The summed E-state index contributed by atoms with van der Waals surface area (Å²) in [5.41, 5.74) is 1.70. The van der Waals surface area contributed by atoms with Crippen LogP contribution in [-0.4, -0.2) is 45.0 Å². The zero-order valence-electron chi connectivity index (χ0n) is 18.9. The minimum atomic E-state index is -4.75. The van der Waals surface area contributed by atoms with Crippen molar-refractivity contribution in [2.75, 3.05) is 18.0 Å². The van der Waals surface area contributed by atoms with Gasteiger partial charge in [0.05, 0.1) is 16.8 Å². The number of nitrogens with zero attached hydrogens (tertiary/aromatic N) is 5. The van der Waals surface area contributed by atoms with Gasteiger partial charge in [-0.3, -0.25) is 9.48 Å². The van der Waals surface area contributed by atoms with Gasteiger partial charge in [-0.05, 0) is 62.1 Å². The summed E-state index contributed by atoms with van der Waals surface area (Å²) >= 11 is 0. The fourth-order valence-corrected chi connectivity index (χ4v) is 4.19. The van der Waals surface area contributed by atoms with Crippen LogP contribution in [0.1, 0.15) is 39.9 Å². The van der Waals surface area contributed by atoms with Crippen LogP contribution in [0.25, 0.3) is 11.4 Å². The Morgan fingerprint density at radius 2 is 1.79 bits per heavy atom. The van der Waals surface area contributed by atoms with E-state index in [0.29, 0.717) is 44.1 Å². The van der Waals surface area contributed by atoms with E-state index in [1.165, 1.54) is 0 Å². The number of nitrogens with one attached hydrogen (secondary N) is 1. The third-order valence-corrected chi connectivity index (χ3v) is 6.22. The van der Waals surface area contributed by atoms with Crippen molar-refractivity contribution >= 4 is 11.7 Å². The second-order valence-corrected chi connectivity index (χ2v) is 8.38. The highest BCUT2D eigenvalue weighted by molar-refractivity contribution is 5.96. The molecule has 34 heavy (non-hydrogen) atoms. The van der Waals surface area contributed by atoms with Crippen LogP contribution < -0.4 is 10.2 Å². The lowest BCUT2D eigenvalue weighted by Gasteiger charge is -2.34. The van der Waals surface area contributed by atoms with E-state index in [0.717, 1.165) is 28.3 Å². The minimum absolute atomic E-state index is 0.337. The number of aromatic nitrogens is 4. The summed E-state index contributed by atoms with van der Waals surface area (Å²) in [5, 5.41) is 15.6. The standard InChI is InChI=1S/C23H24F4N6O/c1-13-14(2)21(31-30-20(13)19-6-9-28-32(19)3)33-10-7-16(8-11-33)29-22(34)17-12-15(24)4-5-18(17)23(25,26)27/h4-6,9,12,16H,7-8,10-11H2,1-3H3,(H,29,34). The molecule has 0 radical (unpaired) electrons. The number of hydrogen-bond acceptors (Lipinski definition) is 5. The molecule has 3 heterocycles. The molecule has 180 valence electrons. The third kappa shape index (κ3) is 4.59. The number of amides is 1. The molecule has 0 unspecified atom stereocenters. The molecule has 1 aliphatic heterocycles. The number of carbonyl (C=O) groups excluding carboxylic acids is 1. The molecule has 7 nitrogen and oxygen atoms in total. The Kier molecular flexibility index (Phi) is 6.28. The van der Waals surface area contributed by atoms with Gasteiger partial charge in [0.2, 0.25) is 0 Å². The molecule has 0 saturated carbocycles. The summed E-state index contributed by atoms with van der Waals surface area (Å²) in [4.78, 5) is 14.6. The number of benzene rings is 1. The van der Waals surface area contributed by atoms with Crippen molar-refractivity contribution in [1.82, 2.24) is 25.3 Å². The molecular formula is C23H24F4N6O. The van der Waals surface area contributed by atoms with Gasteiger partial charge in [-0.25, -0.2) is 4.39 Å². The number of carbonyl (C=O) groups is 1. The first-order valence-electron chi connectivity index (χ1n) is 10.8. The van der Waals surface area contributed by atoms with E-state index in [1.807, 2.05) is 31.9 Å². The first kappa shape index (κ1) is 23.7. The van der Waals surface area contributed by atoms with Crippen LogP contribution in [0.3, 0.4) is 0 Å². The van der Waals surface area contributed by atoms with Crippen molar-refractivity contribution in [2.45, 2.75) is 38.9 Å². The van der Waals surface area contributed by atoms with Crippen LogP contribution in [0, 0.1) is 19.7 Å². The van der Waals surface area contributed by atoms with Gasteiger partial charge in [0.1, 0.15) is 11.5 Å². The predicted molar refractivity (Wildman–Crippen MR) is 118 cm³/mol.